The van der Waals surface area contributed by atoms with Crippen LogP contribution in [0.15, 0.2) is 36.4 Å². The smallest absolute Gasteiger partial charge is 0.395 e. The highest BCUT2D eigenvalue weighted by atomic mass is 19.4. The zero-order valence-electron chi connectivity index (χ0n) is 18.0. The highest BCUT2D eigenvalue weighted by molar-refractivity contribution is 5.94. The molecule has 0 radical (unpaired) electrons. The van der Waals surface area contributed by atoms with Crippen LogP contribution in [0, 0.1) is 5.82 Å². The highest BCUT2D eigenvalue weighted by Crippen LogP contribution is 2.30. The fraction of sp³-hybridized carbons (Fsp3) is 0.435. The fourth-order valence-corrected chi connectivity index (χ4v) is 3.14. The van der Waals surface area contributed by atoms with Crippen molar-refractivity contribution in [3.63, 3.8) is 0 Å². The Bertz CT molecular complexity index is 902. The van der Waals surface area contributed by atoms with Crippen molar-refractivity contribution >= 4 is 23.0 Å². The van der Waals surface area contributed by atoms with E-state index in [1.807, 2.05) is 0 Å². The molecule has 1 amide bonds. The van der Waals surface area contributed by atoms with Crippen LogP contribution >= 0.6 is 0 Å². The number of hydrogen-bond acceptors (Lipinski definition) is 3. The number of benzene rings is 2. The number of halogens is 6. The third kappa shape index (κ3) is 8.51. The summed E-state index contributed by atoms with van der Waals surface area (Å²) in [6.07, 6.45) is -3.05. The standard InChI is InChI=1S/C23H27F6N3O/c24-13-17(25)5-3-1-2-4-6-20(33)32-19-12-11-18(21(26)22(19)30)31-14-15-7-9-16(10-8-15)23(27,28)29/h7-12,17,31H,1-6,13-14,30H2,(H,32,33)/t17-/m1/s1. The van der Waals surface area contributed by atoms with Gasteiger partial charge < -0.3 is 16.4 Å². The van der Waals surface area contributed by atoms with Crippen molar-refractivity contribution < 1.29 is 31.1 Å². The second kappa shape index (κ2) is 12.4. The molecule has 0 saturated carbocycles. The van der Waals surface area contributed by atoms with Crippen molar-refractivity contribution in [3.8, 4) is 0 Å². The fourth-order valence-electron chi connectivity index (χ4n) is 3.14. The molecule has 0 aliphatic rings. The summed E-state index contributed by atoms with van der Waals surface area (Å²) in [5.74, 6) is -1.13. The number of nitrogens with one attached hydrogen (secondary N) is 2. The van der Waals surface area contributed by atoms with Crippen LogP contribution in [0.5, 0.6) is 0 Å². The van der Waals surface area contributed by atoms with Gasteiger partial charge in [-0.1, -0.05) is 31.4 Å². The van der Waals surface area contributed by atoms with Gasteiger partial charge in [-0.15, -0.1) is 0 Å². The minimum Gasteiger partial charge on any atom is -0.395 e. The van der Waals surface area contributed by atoms with Gasteiger partial charge in [-0.25, -0.2) is 13.2 Å². The van der Waals surface area contributed by atoms with Crippen molar-refractivity contribution in [2.45, 2.75) is 57.4 Å². The second-order valence-electron chi connectivity index (χ2n) is 7.69. The van der Waals surface area contributed by atoms with E-state index in [1.165, 1.54) is 24.3 Å². The molecule has 2 rings (SSSR count). The van der Waals surface area contributed by atoms with Crippen molar-refractivity contribution in [2.24, 2.45) is 0 Å². The van der Waals surface area contributed by atoms with Gasteiger partial charge in [-0.05, 0) is 42.7 Å². The van der Waals surface area contributed by atoms with Gasteiger partial charge in [0.1, 0.15) is 12.8 Å². The molecule has 0 fully saturated rings. The quantitative estimate of drug-likeness (QED) is 0.183. The molecule has 2 aromatic carbocycles. The lowest BCUT2D eigenvalue weighted by molar-refractivity contribution is -0.137. The molecule has 0 unspecified atom stereocenters. The van der Waals surface area contributed by atoms with E-state index in [-0.39, 0.29) is 42.4 Å². The number of amides is 1. The van der Waals surface area contributed by atoms with Crippen LogP contribution in [0.2, 0.25) is 0 Å². The Morgan fingerprint density at radius 3 is 2.24 bits per heavy atom. The summed E-state index contributed by atoms with van der Waals surface area (Å²) in [4.78, 5) is 12.1. The normalized spacial score (nSPS) is 12.4. The summed E-state index contributed by atoms with van der Waals surface area (Å²) in [6.45, 7) is -0.904. The van der Waals surface area contributed by atoms with Gasteiger partial charge in [0, 0.05) is 13.0 Å². The number of unbranched alkanes of at least 4 members (excludes halogenated alkanes) is 3. The first-order valence-corrected chi connectivity index (χ1v) is 10.6. The van der Waals surface area contributed by atoms with E-state index in [4.69, 9.17) is 5.73 Å². The largest absolute Gasteiger partial charge is 0.416 e. The molecule has 0 aliphatic carbocycles. The molecule has 0 aliphatic heterocycles. The summed E-state index contributed by atoms with van der Waals surface area (Å²) in [5.41, 5.74) is 5.43. The summed E-state index contributed by atoms with van der Waals surface area (Å²) in [6, 6.07) is 7.29. The van der Waals surface area contributed by atoms with Crippen LogP contribution in [0.4, 0.5) is 43.4 Å². The molecule has 4 nitrogen and oxygen atoms in total. The van der Waals surface area contributed by atoms with Crippen molar-refractivity contribution in [1.29, 1.82) is 0 Å². The first-order chi connectivity index (χ1) is 15.6. The minimum absolute atomic E-state index is 0.0462. The van der Waals surface area contributed by atoms with Crippen molar-refractivity contribution in [2.75, 3.05) is 23.0 Å². The molecule has 1 atom stereocenters. The number of anilines is 3. The Morgan fingerprint density at radius 1 is 0.970 bits per heavy atom. The lowest BCUT2D eigenvalue weighted by Crippen LogP contribution is -2.14. The monoisotopic (exact) mass is 475 g/mol. The number of rotatable bonds is 12. The van der Waals surface area contributed by atoms with E-state index in [9.17, 15) is 31.1 Å². The van der Waals surface area contributed by atoms with Gasteiger partial charge >= 0.3 is 6.18 Å². The maximum absolute atomic E-state index is 14.6. The zero-order chi connectivity index (χ0) is 24.4. The van der Waals surface area contributed by atoms with Crippen molar-refractivity contribution in [1.82, 2.24) is 0 Å². The molecule has 0 saturated heterocycles. The summed E-state index contributed by atoms with van der Waals surface area (Å²) < 4.78 is 77.2. The van der Waals surface area contributed by atoms with Crippen LogP contribution < -0.4 is 16.4 Å². The van der Waals surface area contributed by atoms with Gasteiger partial charge in [-0.2, -0.15) is 13.2 Å². The zero-order valence-corrected chi connectivity index (χ0v) is 18.0. The van der Waals surface area contributed by atoms with Gasteiger partial charge in [0.15, 0.2) is 5.82 Å². The van der Waals surface area contributed by atoms with Crippen molar-refractivity contribution in [3.05, 3.63) is 53.3 Å². The van der Waals surface area contributed by atoms with Crippen LogP contribution in [0.1, 0.15) is 49.7 Å². The summed E-state index contributed by atoms with van der Waals surface area (Å²) in [7, 11) is 0. The molecule has 4 N–H and O–H groups in total. The minimum atomic E-state index is -4.43. The van der Waals surface area contributed by atoms with Gasteiger partial charge in [0.05, 0.1) is 22.6 Å². The molecule has 0 spiro atoms. The molecular formula is C23H27F6N3O. The third-order valence-electron chi connectivity index (χ3n) is 5.06. The molecular weight excluding hydrogens is 448 g/mol. The molecule has 0 heterocycles. The van der Waals surface area contributed by atoms with Crippen LogP contribution in [0.3, 0.4) is 0 Å². The Morgan fingerprint density at radius 2 is 1.61 bits per heavy atom. The first kappa shape index (κ1) is 26.3. The van der Waals surface area contributed by atoms with E-state index >= 15 is 0 Å². The van der Waals surface area contributed by atoms with Crippen LogP contribution in [0.25, 0.3) is 0 Å². The third-order valence-corrected chi connectivity index (χ3v) is 5.06. The Hall–Kier alpha value is -2.91. The lowest BCUT2D eigenvalue weighted by atomic mass is 10.1. The predicted molar refractivity (Wildman–Crippen MR) is 117 cm³/mol. The Balaban J connectivity index is 1.82. The van der Waals surface area contributed by atoms with Gasteiger partial charge in [0.25, 0.3) is 0 Å². The number of carbonyl (C=O) groups is 1. The number of nitrogens with two attached hydrogens (primary N) is 1. The van der Waals surface area contributed by atoms with E-state index in [1.54, 1.807) is 0 Å². The van der Waals surface area contributed by atoms with E-state index in [0.717, 1.165) is 12.1 Å². The molecule has 2 aromatic rings. The number of nitrogen functional groups attached to an aromatic ring is 1. The SMILES string of the molecule is Nc1c(NC(=O)CCCCCC[C@@H](F)CF)ccc(NCc2ccc(C(F)(F)F)cc2)c1F. The topological polar surface area (TPSA) is 67.1 Å². The Labute approximate surface area is 188 Å². The van der Waals surface area contributed by atoms with Crippen LogP contribution in [-0.2, 0) is 17.5 Å². The highest BCUT2D eigenvalue weighted by Gasteiger charge is 2.29. The molecule has 33 heavy (non-hydrogen) atoms. The number of alkyl halides is 5. The molecule has 182 valence electrons. The average molecular weight is 475 g/mol. The van der Waals surface area contributed by atoms with Gasteiger partial charge in [-0.3, -0.25) is 4.79 Å². The van der Waals surface area contributed by atoms with E-state index < -0.39 is 30.4 Å². The van der Waals surface area contributed by atoms with E-state index in [2.05, 4.69) is 10.6 Å². The summed E-state index contributed by atoms with van der Waals surface area (Å²) >= 11 is 0. The van der Waals surface area contributed by atoms with E-state index in [0.29, 0.717) is 31.2 Å². The Kier molecular flexibility index (Phi) is 9.87. The first-order valence-electron chi connectivity index (χ1n) is 10.6. The van der Waals surface area contributed by atoms with Gasteiger partial charge in [0.2, 0.25) is 5.91 Å². The molecule has 10 heteroatoms. The predicted octanol–water partition coefficient (Wildman–Crippen LogP) is 6.63. The molecule has 0 bridgehead atoms. The maximum atomic E-state index is 14.6. The number of carbonyl (C=O) groups excluding carboxylic acids is 1. The molecule has 0 aromatic heterocycles. The average Bonchev–Trinajstić information content (AvgIpc) is 2.78. The lowest BCUT2D eigenvalue weighted by Gasteiger charge is -2.14. The number of hydrogen-bond donors (Lipinski definition) is 3. The summed E-state index contributed by atoms with van der Waals surface area (Å²) in [5, 5.41) is 5.32. The maximum Gasteiger partial charge on any atom is 0.416 e. The van der Waals surface area contributed by atoms with Crippen LogP contribution in [-0.4, -0.2) is 18.8 Å². The second-order valence-corrected chi connectivity index (χ2v) is 7.69.